The molecule has 1 unspecified atom stereocenters. The van der Waals surface area contributed by atoms with Gasteiger partial charge in [-0.05, 0) is 84.9 Å². The van der Waals surface area contributed by atoms with Crippen molar-refractivity contribution in [2.75, 3.05) is 0 Å². The maximum Gasteiger partial charge on any atom is 0.0628 e. The Kier molecular flexibility index (Phi) is 5.82. The van der Waals surface area contributed by atoms with Crippen LogP contribution in [0.3, 0.4) is 0 Å². The molecule has 4 aliphatic carbocycles. The van der Waals surface area contributed by atoms with Crippen LogP contribution in [0.1, 0.15) is 119 Å². The van der Waals surface area contributed by atoms with Gasteiger partial charge in [-0.3, -0.25) is 0 Å². The van der Waals surface area contributed by atoms with Gasteiger partial charge in [-0.15, -0.1) is 0 Å². The van der Waals surface area contributed by atoms with Gasteiger partial charge >= 0.3 is 0 Å². The van der Waals surface area contributed by atoms with E-state index in [1.807, 2.05) is 0 Å². The summed E-state index contributed by atoms with van der Waals surface area (Å²) in [6.07, 6.45) is 17.2. The second kappa shape index (κ2) is 7.64. The monoisotopic (exact) mass is 414 g/mol. The van der Waals surface area contributed by atoms with E-state index in [0.29, 0.717) is 16.2 Å². The van der Waals surface area contributed by atoms with Crippen molar-refractivity contribution in [3.05, 3.63) is 11.6 Å². The molecule has 3 saturated carbocycles. The number of rotatable bonds is 5. The number of hydrogen-bond acceptors (Lipinski definition) is 1. The van der Waals surface area contributed by atoms with Gasteiger partial charge in [0.25, 0.3) is 0 Å². The molecule has 4 aliphatic rings. The number of fused-ring (bicyclic) bond motifs is 5. The fourth-order valence-electron chi connectivity index (χ4n) is 9.65. The summed E-state index contributed by atoms with van der Waals surface area (Å²) >= 11 is 0. The van der Waals surface area contributed by atoms with Crippen LogP contribution in [0.5, 0.6) is 0 Å². The Morgan fingerprint density at radius 1 is 0.933 bits per heavy atom. The summed E-state index contributed by atoms with van der Waals surface area (Å²) in [5, 5.41) is 10.8. The summed E-state index contributed by atoms with van der Waals surface area (Å²) in [6, 6.07) is 0. The zero-order chi connectivity index (χ0) is 21.9. The van der Waals surface area contributed by atoms with Crippen molar-refractivity contribution in [1.82, 2.24) is 0 Å². The molecule has 1 nitrogen and oxygen atoms in total. The molecule has 3 fully saturated rings. The van der Waals surface area contributed by atoms with E-state index in [1.54, 1.807) is 5.57 Å². The molecule has 0 amide bonds. The van der Waals surface area contributed by atoms with Crippen LogP contribution in [0.2, 0.25) is 0 Å². The molecular formula is C29H50O. The van der Waals surface area contributed by atoms with Gasteiger partial charge in [0, 0.05) is 5.41 Å². The Morgan fingerprint density at radius 2 is 1.63 bits per heavy atom. The fourth-order valence-corrected chi connectivity index (χ4v) is 9.65. The molecule has 0 spiro atoms. The molecule has 172 valence electrons. The summed E-state index contributed by atoms with van der Waals surface area (Å²) in [5.41, 5.74) is 2.87. The maximum atomic E-state index is 10.8. The number of allylic oxidation sites excluding steroid dienone is 1. The third-order valence-corrected chi connectivity index (χ3v) is 11.8. The quantitative estimate of drug-likeness (QED) is 0.355. The Labute approximate surface area is 187 Å². The smallest absolute Gasteiger partial charge is 0.0628 e. The average molecular weight is 415 g/mol. The van der Waals surface area contributed by atoms with E-state index < -0.39 is 0 Å². The molecule has 0 aromatic heterocycles. The van der Waals surface area contributed by atoms with E-state index >= 15 is 0 Å². The van der Waals surface area contributed by atoms with Gasteiger partial charge in [-0.1, -0.05) is 85.8 Å². The Bertz CT molecular complexity index is 676. The highest BCUT2D eigenvalue weighted by atomic mass is 16.3. The van der Waals surface area contributed by atoms with Crippen LogP contribution < -0.4 is 0 Å². The lowest BCUT2D eigenvalue weighted by Crippen LogP contribution is -2.57. The van der Waals surface area contributed by atoms with Gasteiger partial charge in [0.1, 0.15) is 0 Å². The molecule has 0 radical (unpaired) electrons. The molecular weight excluding hydrogens is 364 g/mol. The molecule has 1 heteroatoms. The van der Waals surface area contributed by atoms with Crippen LogP contribution >= 0.6 is 0 Å². The van der Waals surface area contributed by atoms with Gasteiger partial charge in [0.15, 0.2) is 0 Å². The highest BCUT2D eigenvalue weighted by Crippen LogP contribution is 2.73. The van der Waals surface area contributed by atoms with Crippen LogP contribution in [0.25, 0.3) is 0 Å². The minimum Gasteiger partial charge on any atom is -0.392 e. The summed E-state index contributed by atoms with van der Waals surface area (Å²) in [4.78, 5) is 0. The second-order valence-electron chi connectivity index (χ2n) is 13.3. The van der Waals surface area contributed by atoms with Crippen LogP contribution in [0.4, 0.5) is 0 Å². The number of unbranched alkanes of at least 4 members (excludes halogenated alkanes) is 2. The van der Waals surface area contributed by atoms with E-state index in [4.69, 9.17) is 0 Å². The van der Waals surface area contributed by atoms with Crippen molar-refractivity contribution in [2.24, 2.45) is 45.3 Å². The molecule has 0 aliphatic heterocycles. The fraction of sp³-hybridized carbons (Fsp3) is 0.931. The van der Waals surface area contributed by atoms with E-state index in [1.165, 1.54) is 64.2 Å². The molecule has 8 atom stereocenters. The molecule has 1 N–H and O–H groups in total. The number of aliphatic hydroxyl groups is 1. The molecule has 30 heavy (non-hydrogen) atoms. The van der Waals surface area contributed by atoms with Crippen LogP contribution in [-0.4, -0.2) is 11.2 Å². The van der Waals surface area contributed by atoms with E-state index in [0.717, 1.165) is 30.1 Å². The highest BCUT2D eigenvalue weighted by molar-refractivity contribution is 5.32. The SMILES string of the molecule is CCCCC[C@@H](C)[C@H]1CC[C@@]2(C)[C@@H]3CC=C4C(C)(C)C(O)CC[C@]4(C)[C@H]3CC[C@]12C. The molecule has 4 rings (SSSR count). The maximum absolute atomic E-state index is 10.8. The summed E-state index contributed by atoms with van der Waals surface area (Å²) in [5.74, 6) is 3.46. The van der Waals surface area contributed by atoms with Crippen molar-refractivity contribution in [3.8, 4) is 0 Å². The van der Waals surface area contributed by atoms with Gasteiger partial charge in [-0.2, -0.15) is 0 Å². The average Bonchev–Trinajstić information content (AvgIpc) is 2.97. The predicted octanol–water partition coefficient (Wildman–Crippen LogP) is 8.17. The first-order valence-corrected chi connectivity index (χ1v) is 13.4. The number of aliphatic hydroxyl groups excluding tert-OH is 1. The predicted molar refractivity (Wildman–Crippen MR) is 128 cm³/mol. The first kappa shape index (κ1) is 22.9. The summed E-state index contributed by atoms with van der Waals surface area (Å²) in [6.45, 7) is 17.5. The van der Waals surface area contributed by atoms with Gasteiger partial charge < -0.3 is 5.11 Å². The van der Waals surface area contributed by atoms with Crippen molar-refractivity contribution < 1.29 is 5.11 Å². The number of hydrogen-bond donors (Lipinski definition) is 1. The zero-order valence-corrected chi connectivity index (χ0v) is 21.2. The highest BCUT2D eigenvalue weighted by Gasteiger charge is 2.65. The lowest BCUT2D eigenvalue weighted by atomic mass is 9.40. The largest absolute Gasteiger partial charge is 0.392 e. The van der Waals surface area contributed by atoms with Crippen molar-refractivity contribution in [3.63, 3.8) is 0 Å². The minimum atomic E-state index is -0.169. The minimum absolute atomic E-state index is 0.0500. The Balaban J connectivity index is 1.62. The second-order valence-corrected chi connectivity index (χ2v) is 13.3. The van der Waals surface area contributed by atoms with Gasteiger partial charge in [-0.25, -0.2) is 0 Å². The third kappa shape index (κ3) is 3.03. The van der Waals surface area contributed by atoms with Crippen molar-refractivity contribution in [2.45, 2.75) is 125 Å². The topological polar surface area (TPSA) is 20.2 Å². The lowest BCUT2D eigenvalue weighted by molar-refractivity contribution is -0.124. The van der Waals surface area contributed by atoms with Crippen molar-refractivity contribution >= 4 is 0 Å². The van der Waals surface area contributed by atoms with Gasteiger partial charge in [0.05, 0.1) is 6.10 Å². The van der Waals surface area contributed by atoms with E-state index in [9.17, 15) is 5.11 Å². The molecule has 0 heterocycles. The van der Waals surface area contributed by atoms with Crippen LogP contribution in [0, 0.1) is 45.3 Å². The first-order chi connectivity index (χ1) is 14.0. The third-order valence-electron chi connectivity index (χ3n) is 11.8. The van der Waals surface area contributed by atoms with E-state index in [-0.39, 0.29) is 11.5 Å². The summed E-state index contributed by atoms with van der Waals surface area (Å²) < 4.78 is 0. The summed E-state index contributed by atoms with van der Waals surface area (Å²) in [7, 11) is 0. The molecule has 0 saturated heterocycles. The molecule has 0 bridgehead atoms. The molecule has 0 aromatic carbocycles. The van der Waals surface area contributed by atoms with Crippen LogP contribution in [-0.2, 0) is 0 Å². The van der Waals surface area contributed by atoms with E-state index in [2.05, 4.69) is 54.5 Å². The Morgan fingerprint density at radius 3 is 2.33 bits per heavy atom. The normalized spacial score (nSPS) is 48.3. The van der Waals surface area contributed by atoms with Crippen molar-refractivity contribution in [1.29, 1.82) is 0 Å². The molecule has 0 aromatic rings. The first-order valence-electron chi connectivity index (χ1n) is 13.4. The lowest BCUT2D eigenvalue weighted by Gasteiger charge is -2.64. The van der Waals surface area contributed by atoms with Gasteiger partial charge in [0.2, 0.25) is 0 Å². The standard InChI is InChI=1S/C29H50O/c1-8-9-10-11-20(2)21-14-18-29(7)23-12-13-24-26(3,4)25(30)16-17-27(24,5)22(23)15-19-28(21,29)6/h13,20-23,25,30H,8-12,14-19H2,1-7H3/t20-,21-,22+,23-,25?,27-,28-,29+/m1/s1. The zero-order valence-electron chi connectivity index (χ0n) is 21.2. The Hall–Kier alpha value is -0.300. The van der Waals surface area contributed by atoms with Crippen LogP contribution in [0.15, 0.2) is 11.6 Å².